The van der Waals surface area contributed by atoms with Crippen LogP contribution >= 0.6 is 0 Å². The molecule has 5 atom stereocenters. The maximum Gasteiger partial charge on any atom is 0.0252 e. The van der Waals surface area contributed by atoms with Crippen LogP contribution in [-0.4, -0.2) is 37.1 Å². The Morgan fingerprint density at radius 3 is 2.25 bits per heavy atom. The molecule has 1 saturated heterocycles. The second kappa shape index (κ2) is 6.36. The molecule has 2 fully saturated rings. The maximum atomic E-state index is 3.61. The highest BCUT2D eigenvalue weighted by Crippen LogP contribution is 2.40. The Balaban J connectivity index is 2.05. The van der Waals surface area contributed by atoms with Crippen LogP contribution < -0.4 is 5.32 Å². The highest BCUT2D eigenvalue weighted by atomic mass is 15.2. The van der Waals surface area contributed by atoms with E-state index in [-0.39, 0.29) is 0 Å². The number of likely N-dealkylation sites (tertiary alicyclic amines) is 1. The first-order chi connectivity index (χ1) is 9.32. The Kier molecular flexibility index (Phi) is 5.18. The minimum absolute atomic E-state index is 0.464. The minimum Gasteiger partial charge on any atom is -0.315 e. The first kappa shape index (κ1) is 16.3. The fourth-order valence-electron chi connectivity index (χ4n) is 4.27. The Labute approximate surface area is 126 Å². The van der Waals surface area contributed by atoms with Gasteiger partial charge in [0.15, 0.2) is 0 Å². The summed E-state index contributed by atoms with van der Waals surface area (Å²) in [5.74, 6) is 2.64. The average Bonchev–Trinajstić information content (AvgIpc) is 2.40. The van der Waals surface area contributed by atoms with Crippen molar-refractivity contribution >= 4 is 0 Å². The van der Waals surface area contributed by atoms with Crippen LogP contribution in [0.5, 0.6) is 0 Å². The molecule has 0 bridgehead atoms. The quantitative estimate of drug-likeness (QED) is 0.828. The van der Waals surface area contributed by atoms with Crippen molar-refractivity contribution in [3.63, 3.8) is 0 Å². The summed E-state index contributed by atoms with van der Waals surface area (Å²) >= 11 is 0. The highest BCUT2D eigenvalue weighted by molar-refractivity contribution is 4.95. The van der Waals surface area contributed by atoms with Crippen LogP contribution in [0.15, 0.2) is 0 Å². The molecule has 2 nitrogen and oxygen atoms in total. The number of nitrogens with one attached hydrogen (secondary N) is 1. The van der Waals surface area contributed by atoms with E-state index >= 15 is 0 Å². The molecule has 1 N–H and O–H groups in total. The van der Waals surface area contributed by atoms with Gasteiger partial charge >= 0.3 is 0 Å². The third-order valence-electron chi connectivity index (χ3n) is 6.25. The third-order valence-corrected chi connectivity index (χ3v) is 6.25. The van der Waals surface area contributed by atoms with Crippen molar-refractivity contribution in [1.29, 1.82) is 0 Å². The highest BCUT2D eigenvalue weighted by Gasteiger charge is 2.39. The number of likely N-dealkylation sites (N-methyl/N-ethyl adjacent to an activating group) is 1. The van der Waals surface area contributed by atoms with Crippen LogP contribution in [0, 0.1) is 23.2 Å². The van der Waals surface area contributed by atoms with E-state index in [0.29, 0.717) is 11.5 Å². The van der Waals surface area contributed by atoms with Gasteiger partial charge in [0, 0.05) is 18.6 Å². The van der Waals surface area contributed by atoms with E-state index in [1.54, 1.807) is 0 Å². The van der Waals surface area contributed by atoms with E-state index < -0.39 is 0 Å². The van der Waals surface area contributed by atoms with Crippen LogP contribution in [-0.2, 0) is 0 Å². The lowest BCUT2D eigenvalue weighted by molar-refractivity contribution is 0.0242. The predicted molar refractivity (Wildman–Crippen MR) is 87.9 cm³/mol. The molecule has 0 radical (unpaired) electrons. The predicted octanol–water partition coefficient (Wildman–Crippen LogP) is 3.77. The summed E-state index contributed by atoms with van der Waals surface area (Å²) in [6, 6.07) is 1.46. The lowest BCUT2D eigenvalue weighted by Crippen LogP contribution is -2.56. The number of rotatable bonds is 2. The van der Waals surface area contributed by atoms with Crippen LogP contribution in [0.1, 0.15) is 60.3 Å². The van der Waals surface area contributed by atoms with Gasteiger partial charge in [-0.25, -0.2) is 0 Å². The van der Waals surface area contributed by atoms with E-state index in [1.807, 2.05) is 0 Å². The molecule has 1 heterocycles. The van der Waals surface area contributed by atoms with Crippen molar-refractivity contribution in [2.24, 2.45) is 23.2 Å². The van der Waals surface area contributed by atoms with Gasteiger partial charge in [0.05, 0.1) is 0 Å². The fraction of sp³-hybridized carbons (Fsp3) is 1.00. The van der Waals surface area contributed by atoms with Crippen LogP contribution in [0.3, 0.4) is 0 Å². The van der Waals surface area contributed by atoms with Gasteiger partial charge in [0.25, 0.3) is 0 Å². The number of hydrogen-bond acceptors (Lipinski definition) is 2. The van der Waals surface area contributed by atoms with E-state index in [9.17, 15) is 0 Å². The number of piperidine rings is 1. The zero-order chi connectivity index (χ0) is 14.9. The first-order valence-electron chi connectivity index (χ1n) is 8.74. The molecule has 1 aliphatic heterocycles. The monoisotopic (exact) mass is 280 g/mol. The molecule has 20 heavy (non-hydrogen) atoms. The van der Waals surface area contributed by atoms with Gasteiger partial charge in [-0.1, -0.05) is 34.6 Å². The molecular formula is C18H36N2. The summed E-state index contributed by atoms with van der Waals surface area (Å²) < 4.78 is 0. The zero-order valence-electron chi connectivity index (χ0n) is 14.6. The van der Waals surface area contributed by atoms with Gasteiger partial charge in [-0.05, 0) is 62.4 Å². The summed E-state index contributed by atoms with van der Waals surface area (Å²) in [6.07, 6.45) is 5.51. The van der Waals surface area contributed by atoms with Crippen molar-refractivity contribution in [3.8, 4) is 0 Å². The second-order valence-electron chi connectivity index (χ2n) is 8.58. The zero-order valence-corrected chi connectivity index (χ0v) is 14.6. The molecule has 0 aromatic heterocycles. The molecule has 5 unspecified atom stereocenters. The Morgan fingerprint density at radius 1 is 1.00 bits per heavy atom. The number of hydrogen-bond donors (Lipinski definition) is 1. The normalized spacial score (nSPS) is 40.8. The van der Waals surface area contributed by atoms with Gasteiger partial charge < -0.3 is 5.32 Å². The summed E-state index contributed by atoms with van der Waals surface area (Å²) in [5, 5.41) is 3.61. The number of nitrogens with zero attached hydrogens (tertiary/aromatic N) is 1. The summed E-state index contributed by atoms with van der Waals surface area (Å²) in [7, 11) is 2.16. The smallest absolute Gasteiger partial charge is 0.0252 e. The maximum absolute atomic E-state index is 3.61. The van der Waals surface area contributed by atoms with E-state index in [0.717, 1.165) is 23.8 Å². The molecule has 1 aliphatic carbocycles. The van der Waals surface area contributed by atoms with Gasteiger partial charge in [-0.3, -0.25) is 4.90 Å². The summed E-state index contributed by atoms with van der Waals surface area (Å²) in [5.41, 5.74) is 0.464. The second-order valence-corrected chi connectivity index (χ2v) is 8.58. The van der Waals surface area contributed by atoms with Gasteiger partial charge in [-0.15, -0.1) is 0 Å². The molecule has 2 heteroatoms. The van der Waals surface area contributed by atoms with Crippen molar-refractivity contribution in [1.82, 2.24) is 10.2 Å². The molecule has 0 spiro atoms. The molecule has 2 aliphatic rings. The van der Waals surface area contributed by atoms with Crippen molar-refractivity contribution in [2.75, 3.05) is 20.1 Å². The Morgan fingerprint density at radius 2 is 1.70 bits per heavy atom. The van der Waals surface area contributed by atoms with Crippen LogP contribution in [0.4, 0.5) is 0 Å². The molecule has 118 valence electrons. The molecular weight excluding hydrogens is 244 g/mol. The standard InChI is InChI=1S/C18H36N2/c1-13-9-10-20(12-14(13)2)17-11-15(18(3,4)5)7-8-16(17)19-6/h13-17,19H,7-12H2,1-6H3. The lowest BCUT2D eigenvalue weighted by Gasteiger charge is -2.49. The van der Waals surface area contributed by atoms with E-state index in [4.69, 9.17) is 0 Å². The average molecular weight is 280 g/mol. The first-order valence-corrected chi connectivity index (χ1v) is 8.74. The largest absolute Gasteiger partial charge is 0.315 e. The van der Waals surface area contributed by atoms with E-state index in [1.165, 1.54) is 38.8 Å². The molecule has 0 aromatic rings. The van der Waals surface area contributed by atoms with Crippen molar-refractivity contribution < 1.29 is 0 Å². The lowest BCUT2D eigenvalue weighted by atomic mass is 9.69. The SMILES string of the molecule is CNC1CCC(C(C)(C)C)CC1N1CCC(C)C(C)C1. The molecule has 1 saturated carbocycles. The molecule has 0 amide bonds. The van der Waals surface area contributed by atoms with Gasteiger partial charge in [0.1, 0.15) is 0 Å². The molecule has 0 aromatic carbocycles. The molecule has 2 rings (SSSR count). The third kappa shape index (κ3) is 3.57. The van der Waals surface area contributed by atoms with Gasteiger partial charge in [-0.2, -0.15) is 0 Å². The fourth-order valence-corrected chi connectivity index (χ4v) is 4.27. The topological polar surface area (TPSA) is 15.3 Å². The van der Waals surface area contributed by atoms with Gasteiger partial charge in [0.2, 0.25) is 0 Å². The van der Waals surface area contributed by atoms with Crippen LogP contribution in [0.25, 0.3) is 0 Å². The Bertz CT molecular complexity index is 307. The Hall–Kier alpha value is -0.0800. The van der Waals surface area contributed by atoms with E-state index in [2.05, 4.69) is 51.9 Å². The van der Waals surface area contributed by atoms with Crippen molar-refractivity contribution in [2.45, 2.75) is 72.4 Å². The van der Waals surface area contributed by atoms with Crippen LogP contribution in [0.2, 0.25) is 0 Å². The van der Waals surface area contributed by atoms with Crippen molar-refractivity contribution in [3.05, 3.63) is 0 Å². The summed E-state index contributed by atoms with van der Waals surface area (Å²) in [4.78, 5) is 2.81. The minimum atomic E-state index is 0.464. The summed E-state index contributed by atoms with van der Waals surface area (Å²) in [6.45, 7) is 14.8.